The molecule has 0 aliphatic carbocycles. The summed E-state index contributed by atoms with van der Waals surface area (Å²) in [7, 11) is 3.17. The van der Waals surface area contributed by atoms with Crippen molar-refractivity contribution in [1.29, 1.82) is 0 Å². The SMILES string of the molecule is COc1cc(CCC(O)c2cccc(OCC(=O)OC(C)(C)C)c2)c(OC(C)(C)C)cc1OC. The summed E-state index contributed by atoms with van der Waals surface area (Å²) in [5, 5.41) is 10.8. The van der Waals surface area contributed by atoms with Crippen molar-refractivity contribution in [2.24, 2.45) is 0 Å². The highest BCUT2D eigenvalue weighted by molar-refractivity contribution is 5.71. The van der Waals surface area contributed by atoms with Gasteiger partial charge in [-0.25, -0.2) is 4.79 Å². The maximum atomic E-state index is 11.9. The van der Waals surface area contributed by atoms with Gasteiger partial charge in [-0.2, -0.15) is 0 Å². The van der Waals surface area contributed by atoms with Crippen LogP contribution in [0.4, 0.5) is 0 Å². The molecule has 2 aromatic rings. The summed E-state index contributed by atoms with van der Waals surface area (Å²) in [5.41, 5.74) is 0.634. The van der Waals surface area contributed by atoms with E-state index in [-0.39, 0.29) is 6.61 Å². The number of aliphatic hydroxyl groups is 1. The molecule has 0 heterocycles. The van der Waals surface area contributed by atoms with Crippen LogP contribution in [0.5, 0.6) is 23.0 Å². The molecule has 0 aliphatic rings. The Kier molecular flexibility index (Phi) is 9.21. The smallest absolute Gasteiger partial charge is 0.344 e. The number of aryl methyl sites for hydroxylation is 1. The van der Waals surface area contributed by atoms with Gasteiger partial charge in [0, 0.05) is 6.07 Å². The zero-order chi connectivity index (χ0) is 25.5. The molecule has 7 nitrogen and oxygen atoms in total. The molecule has 0 bridgehead atoms. The fourth-order valence-corrected chi connectivity index (χ4v) is 3.31. The van der Waals surface area contributed by atoms with Crippen molar-refractivity contribution in [3.05, 3.63) is 47.5 Å². The average Bonchev–Trinajstić information content (AvgIpc) is 2.74. The van der Waals surface area contributed by atoms with Crippen molar-refractivity contribution < 1.29 is 33.6 Å². The summed E-state index contributed by atoms with van der Waals surface area (Å²) in [5.74, 6) is 1.92. The number of benzene rings is 2. The second-order valence-corrected chi connectivity index (χ2v) is 10.0. The Balaban J connectivity index is 2.11. The van der Waals surface area contributed by atoms with Crippen LogP contribution >= 0.6 is 0 Å². The van der Waals surface area contributed by atoms with Gasteiger partial charge in [-0.05, 0) is 83.7 Å². The van der Waals surface area contributed by atoms with E-state index in [2.05, 4.69) is 0 Å². The van der Waals surface area contributed by atoms with E-state index >= 15 is 0 Å². The van der Waals surface area contributed by atoms with Gasteiger partial charge in [-0.3, -0.25) is 0 Å². The third-order valence-electron chi connectivity index (χ3n) is 4.69. The van der Waals surface area contributed by atoms with Crippen LogP contribution in [0.25, 0.3) is 0 Å². The maximum Gasteiger partial charge on any atom is 0.344 e. The number of esters is 1. The van der Waals surface area contributed by atoms with Gasteiger partial charge in [0.05, 0.1) is 20.3 Å². The second kappa shape index (κ2) is 11.5. The monoisotopic (exact) mass is 474 g/mol. The molecule has 2 rings (SSSR count). The summed E-state index contributed by atoms with van der Waals surface area (Å²) < 4.78 is 27.8. The van der Waals surface area contributed by atoms with Gasteiger partial charge in [0.25, 0.3) is 0 Å². The standard InChI is InChI=1S/C27H38O7/c1-26(2,3)33-22-16-24(31-8)23(30-7)15-19(22)12-13-21(28)18-10-9-11-20(14-18)32-17-25(29)34-27(4,5)6/h9-11,14-16,21,28H,12-13,17H2,1-8H3. The van der Waals surface area contributed by atoms with E-state index in [1.807, 2.05) is 39.0 Å². The second-order valence-electron chi connectivity index (χ2n) is 10.0. The van der Waals surface area contributed by atoms with Crippen molar-refractivity contribution in [3.63, 3.8) is 0 Å². The number of hydrogen-bond acceptors (Lipinski definition) is 7. The van der Waals surface area contributed by atoms with Gasteiger partial charge in [-0.1, -0.05) is 12.1 Å². The number of carbonyl (C=O) groups is 1. The average molecular weight is 475 g/mol. The number of aliphatic hydroxyl groups excluding tert-OH is 1. The van der Waals surface area contributed by atoms with Crippen molar-refractivity contribution in [2.45, 2.75) is 71.7 Å². The third-order valence-corrected chi connectivity index (χ3v) is 4.69. The van der Waals surface area contributed by atoms with E-state index in [1.165, 1.54) is 0 Å². The van der Waals surface area contributed by atoms with Crippen molar-refractivity contribution >= 4 is 5.97 Å². The zero-order valence-electron chi connectivity index (χ0n) is 21.6. The molecule has 1 atom stereocenters. The van der Waals surface area contributed by atoms with Crippen molar-refractivity contribution in [3.8, 4) is 23.0 Å². The lowest BCUT2D eigenvalue weighted by molar-refractivity contribution is -0.157. The van der Waals surface area contributed by atoms with Crippen LogP contribution in [0.1, 0.15) is 65.2 Å². The van der Waals surface area contributed by atoms with E-state index in [0.29, 0.717) is 41.4 Å². The molecule has 0 aliphatic heterocycles. The Morgan fingerprint density at radius 1 is 0.912 bits per heavy atom. The van der Waals surface area contributed by atoms with Crippen LogP contribution in [0.15, 0.2) is 36.4 Å². The first-order valence-electron chi connectivity index (χ1n) is 11.4. The van der Waals surface area contributed by atoms with Gasteiger partial charge in [0.2, 0.25) is 0 Å². The molecule has 0 radical (unpaired) electrons. The van der Waals surface area contributed by atoms with Crippen LogP contribution < -0.4 is 18.9 Å². The molecule has 0 aromatic heterocycles. The van der Waals surface area contributed by atoms with Crippen LogP contribution in [-0.2, 0) is 16.0 Å². The van der Waals surface area contributed by atoms with Gasteiger partial charge >= 0.3 is 5.97 Å². The Morgan fingerprint density at radius 3 is 2.15 bits per heavy atom. The molecule has 1 N–H and O–H groups in total. The number of carbonyl (C=O) groups excluding carboxylic acids is 1. The third kappa shape index (κ3) is 8.78. The van der Waals surface area contributed by atoms with Crippen molar-refractivity contribution in [1.82, 2.24) is 0 Å². The Labute approximate surface area is 202 Å². The van der Waals surface area contributed by atoms with Crippen LogP contribution in [0.2, 0.25) is 0 Å². The van der Waals surface area contributed by atoms with Gasteiger partial charge < -0.3 is 28.8 Å². The zero-order valence-corrected chi connectivity index (χ0v) is 21.6. The highest BCUT2D eigenvalue weighted by atomic mass is 16.6. The lowest BCUT2D eigenvalue weighted by atomic mass is 10.00. The van der Waals surface area contributed by atoms with E-state index < -0.39 is 23.3 Å². The van der Waals surface area contributed by atoms with Gasteiger partial charge in [0.1, 0.15) is 22.7 Å². The predicted molar refractivity (Wildman–Crippen MR) is 131 cm³/mol. The topological polar surface area (TPSA) is 83.5 Å². The largest absolute Gasteiger partial charge is 0.493 e. The quantitative estimate of drug-likeness (QED) is 0.470. The molecule has 0 spiro atoms. The number of hydrogen-bond donors (Lipinski definition) is 1. The van der Waals surface area contributed by atoms with E-state index in [9.17, 15) is 9.90 Å². The molecule has 0 amide bonds. The molecule has 34 heavy (non-hydrogen) atoms. The Bertz CT molecular complexity index is 954. The first kappa shape index (κ1) is 27.3. The minimum absolute atomic E-state index is 0.198. The molecule has 0 fully saturated rings. The molecule has 0 saturated carbocycles. The molecule has 188 valence electrons. The molecule has 2 aromatic carbocycles. The van der Waals surface area contributed by atoms with Crippen molar-refractivity contribution in [2.75, 3.05) is 20.8 Å². The van der Waals surface area contributed by atoms with E-state index in [4.69, 9.17) is 23.7 Å². The number of methoxy groups -OCH3 is 2. The lowest BCUT2D eigenvalue weighted by Crippen LogP contribution is -2.27. The predicted octanol–water partition coefficient (Wildman–Crippen LogP) is 5.27. The first-order valence-corrected chi connectivity index (χ1v) is 11.4. The van der Waals surface area contributed by atoms with Crippen LogP contribution in [0, 0.1) is 0 Å². The highest BCUT2D eigenvalue weighted by Gasteiger charge is 2.20. The van der Waals surface area contributed by atoms with Crippen LogP contribution in [-0.4, -0.2) is 43.1 Å². The first-order chi connectivity index (χ1) is 15.8. The van der Waals surface area contributed by atoms with E-state index in [1.54, 1.807) is 53.2 Å². The molecular formula is C27H38O7. The number of ether oxygens (including phenoxy) is 5. The Morgan fingerprint density at radius 2 is 1.56 bits per heavy atom. The summed E-state index contributed by atoms with van der Waals surface area (Å²) in [4.78, 5) is 11.9. The van der Waals surface area contributed by atoms with Gasteiger partial charge in [0.15, 0.2) is 18.1 Å². The minimum atomic E-state index is -0.736. The normalized spacial score (nSPS) is 12.6. The van der Waals surface area contributed by atoms with E-state index in [0.717, 1.165) is 5.56 Å². The summed E-state index contributed by atoms with van der Waals surface area (Å²) in [6.07, 6.45) is 0.266. The fourth-order valence-electron chi connectivity index (χ4n) is 3.31. The highest BCUT2D eigenvalue weighted by Crippen LogP contribution is 2.37. The number of rotatable bonds is 10. The minimum Gasteiger partial charge on any atom is -0.493 e. The summed E-state index contributed by atoms with van der Waals surface area (Å²) in [6.45, 7) is 11.1. The summed E-state index contributed by atoms with van der Waals surface area (Å²) >= 11 is 0. The molecular weight excluding hydrogens is 436 g/mol. The summed E-state index contributed by atoms with van der Waals surface area (Å²) in [6, 6.07) is 10.8. The lowest BCUT2D eigenvalue weighted by Gasteiger charge is -2.25. The van der Waals surface area contributed by atoms with Gasteiger partial charge in [-0.15, -0.1) is 0 Å². The molecule has 7 heteroatoms. The fraction of sp³-hybridized carbons (Fsp3) is 0.519. The Hall–Kier alpha value is -2.93. The van der Waals surface area contributed by atoms with Crippen LogP contribution in [0.3, 0.4) is 0 Å². The maximum absolute atomic E-state index is 11.9. The molecule has 0 saturated heterocycles. The molecule has 1 unspecified atom stereocenters.